The highest BCUT2D eigenvalue weighted by Gasteiger charge is 2.32. The standard InChI is InChI=1S/C18H19FN2O/c1-14-18(22)21(17-9-5-8-16(19)12-17)11-10-20(14)13-15-6-3-2-4-7-15/h2-9,12,14H,10-11,13H2,1H3. The molecule has 2 aromatic rings. The molecule has 0 bridgehead atoms. The number of carbonyl (C=O) groups excluding carboxylic acids is 1. The first-order valence-electron chi connectivity index (χ1n) is 7.50. The summed E-state index contributed by atoms with van der Waals surface area (Å²) >= 11 is 0. The highest BCUT2D eigenvalue weighted by atomic mass is 19.1. The summed E-state index contributed by atoms with van der Waals surface area (Å²) < 4.78 is 13.4. The Labute approximate surface area is 130 Å². The van der Waals surface area contributed by atoms with Crippen LogP contribution >= 0.6 is 0 Å². The summed E-state index contributed by atoms with van der Waals surface area (Å²) in [6.07, 6.45) is 0. The fraction of sp³-hybridized carbons (Fsp3) is 0.278. The van der Waals surface area contributed by atoms with Gasteiger partial charge in [0.1, 0.15) is 5.82 Å². The molecule has 1 heterocycles. The molecule has 1 amide bonds. The number of hydrogen-bond acceptors (Lipinski definition) is 2. The molecule has 0 saturated carbocycles. The summed E-state index contributed by atoms with van der Waals surface area (Å²) in [6, 6.07) is 16.1. The van der Waals surface area contributed by atoms with Crippen molar-refractivity contribution >= 4 is 11.6 Å². The van der Waals surface area contributed by atoms with E-state index in [1.807, 2.05) is 25.1 Å². The number of anilines is 1. The molecule has 22 heavy (non-hydrogen) atoms. The van der Waals surface area contributed by atoms with E-state index in [9.17, 15) is 9.18 Å². The van der Waals surface area contributed by atoms with Gasteiger partial charge in [-0.1, -0.05) is 36.4 Å². The van der Waals surface area contributed by atoms with Crippen LogP contribution in [0.5, 0.6) is 0 Å². The number of halogens is 1. The van der Waals surface area contributed by atoms with Gasteiger partial charge in [-0.15, -0.1) is 0 Å². The molecule has 114 valence electrons. The van der Waals surface area contributed by atoms with E-state index >= 15 is 0 Å². The van der Waals surface area contributed by atoms with Crippen molar-refractivity contribution in [3.05, 3.63) is 66.0 Å². The van der Waals surface area contributed by atoms with E-state index in [0.717, 1.165) is 13.1 Å². The molecule has 0 aliphatic carbocycles. The Bertz CT molecular complexity index is 659. The van der Waals surface area contributed by atoms with Crippen molar-refractivity contribution in [2.24, 2.45) is 0 Å². The molecule has 3 rings (SSSR count). The van der Waals surface area contributed by atoms with Crippen LogP contribution in [-0.4, -0.2) is 29.9 Å². The third kappa shape index (κ3) is 3.02. The molecule has 1 fully saturated rings. The van der Waals surface area contributed by atoms with Crippen molar-refractivity contribution < 1.29 is 9.18 Å². The molecule has 3 nitrogen and oxygen atoms in total. The van der Waals surface area contributed by atoms with E-state index in [4.69, 9.17) is 0 Å². The van der Waals surface area contributed by atoms with E-state index in [1.54, 1.807) is 17.0 Å². The first kappa shape index (κ1) is 14.7. The van der Waals surface area contributed by atoms with Crippen molar-refractivity contribution in [1.82, 2.24) is 4.90 Å². The number of benzene rings is 2. The zero-order chi connectivity index (χ0) is 15.5. The Morgan fingerprint density at radius 1 is 1.09 bits per heavy atom. The van der Waals surface area contributed by atoms with Crippen LogP contribution in [0, 0.1) is 5.82 Å². The summed E-state index contributed by atoms with van der Waals surface area (Å²) in [5.74, 6) is -0.294. The molecule has 1 aliphatic heterocycles. The van der Waals surface area contributed by atoms with Crippen LogP contribution < -0.4 is 4.90 Å². The van der Waals surface area contributed by atoms with Crippen molar-refractivity contribution in [3.8, 4) is 0 Å². The molecular weight excluding hydrogens is 279 g/mol. The molecule has 0 N–H and O–H groups in total. The zero-order valence-corrected chi connectivity index (χ0v) is 12.6. The van der Waals surface area contributed by atoms with Crippen molar-refractivity contribution in [1.29, 1.82) is 0 Å². The summed E-state index contributed by atoms with van der Waals surface area (Å²) in [4.78, 5) is 16.4. The maximum absolute atomic E-state index is 13.4. The summed E-state index contributed by atoms with van der Waals surface area (Å²) in [5.41, 5.74) is 1.83. The Hall–Kier alpha value is -2.20. The predicted molar refractivity (Wildman–Crippen MR) is 85.1 cm³/mol. The van der Waals surface area contributed by atoms with Gasteiger partial charge in [0.05, 0.1) is 6.04 Å². The van der Waals surface area contributed by atoms with Gasteiger partial charge in [-0.25, -0.2) is 4.39 Å². The molecule has 0 spiro atoms. The van der Waals surface area contributed by atoms with E-state index < -0.39 is 0 Å². The first-order chi connectivity index (χ1) is 10.6. The normalized spacial score (nSPS) is 19.5. The molecule has 1 unspecified atom stereocenters. The Balaban J connectivity index is 1.73. The van der Waals surface area contributed by atoms with Gasteiger partial charge < -0.3 is 4.90 Å². The maximum atomic E-state index is 13.4. The second-order valence-electron chi connectivity index (χ2n) is 5.60. The van der Waals surface area contributed by atoms with E-state index in [2.05, 4.69) is 17.0 Å². The van der Waals surface area contributed by atoms with E-state index in [-0.39, 0.29) is 17.8 Å². The lowest BCUT2D eigenvalue weighted by Gasteiger charge is -2.39. The lowest BCUT2D eigenvalue weighted by molar-refractivity contribution is -0.125. The second-order valence-corrected chi connectivity index (χ2v) is 5.60. The van der Waals surface area contributed by atoms with Crippen LogP contribution in [0.3, 0.4) is 0 Å². The molecule has 0 aromatic heterocycles. The van der Waals surface area contributed by atoms with Crippen LogP contribution in [0.1, 0.15) is 12.5 Å². The molecule has 0 radical (unpaired) electrons. The average molecular weight is 298 g/mol. The van der Waals surface area contributed by atoms with Gasteiger partial charge in [0.25, 0.3) is 0 Å². The lowest BCUT2D eigenvalue weighted by Crippen LogP contribution is -2.55. The van der Waals surface area contributed by atoms with Crippen LogP contribution in [-0.2, 0) is 11.3 Å². The highest BCUT2D eigenvalue weighted by molar-refractivity contribution is 5.97. The molecule has 1 atom stereocenters. The fourth-order valence-electron chi connectivity index (χ4n) is 2.85. The summed E-state index contributed by atoms with van der Waals surface area (Å²) in [6.45, 7) is 4.03. The Morgan fingerprint density at radius 2 is 1.86 bits per heavy atom. The number of hydrogen-bond donors (Lipinski definition) is 0. The third-order valence-corrected chi connectivity index (χ3v) is 4.13. The van der Waals surface area contributed by atoms with Crippen LogP contribution in [0.15, 0.2) is 54.6 Å². The van der Waals surface area contributed by atoms with Crippen molar-refractivity contribution in [2.45, 2.75) is 19.5 Å². The minimum Gasteiger partial charge on any atom is -0.310 e. The van der Waals surface area contributed by atoms with Crippen LogP contribution in [0.25, 0.3) is 0 Å². The maximum Gasteiger partial charge on any atom is 0.244 e. The quantitative estimate of drug-likeness (QED) is 0.869. The van der Waals surface area contributed by atoms with Crippen LogP contribution in [0.4, 0.5) is 10.1 Å². The fourth-order valence-corrected chi connectivity index (χ4v) is 2.85. The largest absolute Gasteiger partial charge is 0.310 e. The number of piperazine rings is 1. The minimum atomic E-state index is -0.315. The topological polar surface area (TPSA) is 23.6 Å². The van der Waals surface area contributed by atoms with Crippen LogP contribution in [0.2, 0.25) is 0 Å². The van der Waals surface area contributed by atoms with Gasteiger partial charge in [0.15, 0.2) is 0 Å². The number of amides is 1. The second kappa shape index (κ2) is 6.28. The van der Waals surface area contributed by atoms with Crippen molar-refractivity contribution in [3.63, 3.8) is 0 Å². The first-order valence-corrected chi connectivity index (χ1v) is 7.50. The Morgan fingerprint density at radius 3 is 2.59 bits per heavy atom. The molecule has 2 aromatic carbocycles. The molecule has 1 saturated heterocycles. The van der Waals surface area contributed by atoms with Gasteiger partial charge >= 0.3 is 0 Å². The SMILES string of the molecule is CC1C(=O)N(c2cccc(F)c2)CCN1Cc1ccccc1. The van der Waals surface area contributed by atoms with Gasteiger partial charge in [0.2, 0.25) is 5.91 Å². The molecule has 1 aliphatic rings. The van der Waals surface area contributed by atoms with Crippen molar-refractivity contribution in [2.75, 3.05) is 18.0 Å². The molecule has 4 heteroatoms. The van der Waals surface area contributed by atoms with Gasteiger partial charge in [-0.2, -0.15) is 0 Å². The van der Waals surface area contributed by atoms with E-state index in [0.29, 0.717) is 12.2 Å². The van der Waals surface area contributed by atoms with Gasteiger partial charge in [-0.05, 0) is 30.7 Å². The predicted octanol–water partition coefficient (Wildman–Crippen LogP) is 3.06. The molecular formula is C18H19FN2O. The van der Waals surface area contributed by atoms with Gasteiger partial charge in [-0.3, -0.25) is 9.69 Å². The third-order valence-electron chi connectivity index (χ3n) is 4.13. The minimum absolute atomic E-state index is 0.0211. The number of carbonyl (C=O) groups is 1. The number of nitrogens with zero attached hydrogens (tertiary/aromatic N) is 2. The van der Waals surface area contributed by atoms with E-state index in [1.165, 1.54) is 17.7 Å². The Kier molecular flexibility index (Phi) is 4.20. The smallest absolute Gasteiger partial charge is 0.244 e. The number of rotatable bonds is 3. The monoisotopic (exact) mass is 298 g/mol. The average Bonchev–Trinajstić information content (AvgIpc) is 2.53. The lowest BCUT2D eigenvalue weighted by atomic mass is 10.1. The summed E-state index contributed by atoms with van der Waals surface area (Å²) in [7, 11) is 0. The van der Waals surface area contributed by atoms with Gasteiger partial charge in [0, 0.05) is 25.3 Å². The highest BCUT2D eigenvalue weighted by Crippen LogP contribution is 2.22. The summed E-state index contributed by atoms with van der Waals surface area (Å²) in [5, 5.41) is 0. The zero-order valence-electron chi connectivity index (χ0n) is 12.6.